The smallest absolute Gasteiger partial charge is 0.0458 e. The van der Waals surface area contributed by atoms with Gasteiger partial charge in [-0.1, -0.05) is 37.1 Å². The molecule has 1 aromatic carbocycles. The second kappa shape index (κ2) is 4.58. The van der Waals surface area contributed by atoms with Crippen LogP contribution in [0.1, 0.15) is 42.7 Å². The van der Waals surface area contributed by atoms with Crippen molar-refractivity contribution in [3.05, 3.63) is 35.4 Å². The van der Waals surface area contributed by atoms with Crippen LogP contribution in [0, 0.1) is 0 Å². The summed E-state index contributed by atoms with van der Waals surface area (Å²) in [6.07, 6.45) is 5.40. The van der Waals surface area contributed by atoms with Crippen molar-refractivity contribution in [3.63, 3.8) is 0 Å². The van der Waals surface area contributed by atoms with Gasteiger partial charge in [0.2, 0.25) is 0 Å². The van der Waals surface area contributed by atoms with Crippen molar-refractivity contribution in [2.45, 2.75) is 38.1 Å². The molecular weight excluding hydrogens is 174 g/mol. The van der Waals surface area contributed by atoms with Gasteiger partial charge < -0.3 is 5.21 Å². The lowest BCUT2D eigenvalue weighted by Crippen LogP contribution is -2.06. The highest BCUT2D eigenvalue weighted by Gasteiger charge is 2.16. The molecular formula is C12H17NO. The first-order valence-electron chi connectivity index (χ1n) is 5.36. The van der Waals surface area contributed by atoms with E-state index >= 15 is 0 Å². The first-order valence-corrected chi connectivity index (χ1v) is 5.36. The molecule has 0 amide bonds. The van der Waals surface area contributed by atoms with E-state index in [0.29, 0.717) is 6.54 Å². The van der Waals surface area contributed by atoms with Gasteiger partial charge >= 0.3 is 0 Å². The third kappa shape index (κ3) is 2.14. The van der Waals surface area contributed by atoms with Gasteiger partial charge in [0.15, 0.2) is 0 Å². The highest BCUT2D eigenvalue weighted by Crippen LogP contribution is 2.34. The van der Waals surface area contributed by atoms with Crippen molar-refractivity contribution in [1.29, 1.82) is 0 Å². The lowest BCUT2D eigenvalue weighted by atomic mass is 9.96. The van der Waals surface area contributed by atoms with Crippen LogP contribution in [0.25, 0.3) is 0 Å². The number of hydrogen-bond donors (Lipinski definition) is 2. The monoisotopic (exact) mass is 191 g/mol. The molecule has 0 spiro atoms. The summed E-state index contributed by atoms with van der Waals surface area (Å²) < 4.78 is 0. The minimum Gasteiger partial charge on any atom is -0.316 e. The average molecular weight is 191 g/mol. The molecule has 0 aromatic heterocycles. The van der Waals surface area contributed by atoms with Gasteiger partial charge in [0.25, 0.3) is 0 Å². The molecule has 1 aliphatic carbocycles. The molecule has 0 bridgehead atoms. The molecule has 14 heavy (non-hydrogen) atoms. The van der Waals surface area contributed by atoms with Crippen molar-refractivity contribution in [1.82, 2.24) is 5.48 Å². The molecule has 76 valence electrons. The number of hydroxylamine groups is 1. The normalized spacial score (nSPS) is 17.5. The SMILES string of the molecule is ONCc1cccc(C2CCCC2)c1. The van der Waals surface area contributed by atoms with Gasteiger partial charge in [-0.25, -0.2) is 5.48 Å². The van der Waals surface area contributed by atoms with Gasteiger partial charge in [0, 0.05) is 6.54 Å². The van der Waals surface area contributed by atoms with Crippen molar-refractivity contribution in [2.75, 3.05) is 0 Å². The maximum atomic E-state index is 8.63. The van der Waals surface area contributed by atoms with Gasteiger partial charge in [0.05, 0.1) is 0 Å². The fraction of sp³-hybridized carbons (Fsp3) is 0.500. The molecule has 2 N–H and O–H groups in total. The minimum atomic E-state index is 0.542. The number of nitrogens with one attached hydrogen (secondary N) is 1. The molecule has 1 fully saturated rings. The zero-order valence-corrected chi connectivity index (χ0v) is 8.37. The molecule has 0 aliphatic heterocycles. The molecule has 0 radical (unpaired) electrons. The Morgan fingerprint density at radius 3 is 2.79 bits per heavy atom. The van der Waals surface area contributed by atoms with Crippen LogP contribution in [-0.2, 0) is 6.54 Å². The third-order valence-electron chi connectivity index (χ3n) is 3.06. The largest absolute Gasteiger partial charge is 0.316 e. The minimum absolute atomic E-state index is 0.542. The van der Waals surface area contributed by atoms with E-state index < -0.39 is 0 Å². The van der Waals surface area contributed by atoms with Crippen molar-refractivity contribution < 1.29 is 5.21 Å². The van der Waals surface area contributed by atoms with E-state index in [2.05, 4.69) is 23.7 Å². The Hall–Kier alpha value is -0.860. The lowest BCUT2D eigenvalue weighted by Gasteiger charge is -2.10. The Morgan fingerprint density at radius 1 is 1.29 bits per heavy atom. The maximum absolute atomic E-state index is 8.63. The maximum Gasteiger partial charge on any atom is 0.0458 e. The zero-order valence-electron chi connectivity index (χ0n) is 8.37. The Morgan fingerprint density at radius 2 is 2.07 bits per heavy atom. The molecule has 2 rings (SSSR count). The summed E-state index contributed by atoms with van der Waals surface area (Å²) in [5.74, 6) is 0.758. The summed E-state index contributed by atoms with van der Waals surface area (Å²) in [4.78, 5) is 0. The molecule has 0 atom stereocenters. The van der Waals surface area contributed by atoms with Gasteiger partial charge in [-0.2, -0.15) is 0 Å². The van der Waals surface area contributed by atoms with Crippen LogP contribution in [0.4, 0.5) is 0 Å². The van der Waals surface area contributed by atoms with E-state index in [4.69, 9.17) is 5.21 Å². The number of benzene rings is 1. The summed E-state index contributed by atoms with van der Waals surface area (Å²) in [5.41, 5.74) is 4.81. The fourth-order valence-electron chi connectivity index (χ4n) is 2.31. The quantitative estimate of drug-likeness (QED) is 0.720. The molecule has 2 nitrogen and oxygen atoms in total. The van der Waals surface area contributed by atoms with Crippen LogP contribution in [0.5, 0.6) is 0 Å². The van der Waals surface area contributed by atoms with Crippen LogP contribution in [0.3, 0.4) is 0 Å². The second-order valence-electron chi connectivity index (χ2n) is 4.06. The van der Waals surface area contributed by atoms with Crippen molar-refractivity contribution in [3.8, 4) is 0 Å². The third-order valence-corrected chi connectivity index (χ3v) is 3.06. The van der Waals surface area contributed by atoms with Crippen LogP contribution in [-0.4, -0.2) is 5.21 Å². The van der Waals surface area contributed by atoms with E-state index in [1.54, 1.807) is 0 Å². The topological polar surface area (TPSA) is 32.3 Å². The van der Waals surface area contributed by atoms with Gasteiger partial charge in [-0.05, 0) is 29.9 Å². The molecule has 1 aliphatic rings. The van der Waals surface area contributed by atoms with E-state index in [1.807, 2.05) is 6.07 Å². The number of hydrogen-bond acceptors (Lipinski definition) is 2. The summed E-state index contributed by atoms with van der Waals surface area (Å²) in [6, 6.07) is 8.54. The van der Waals surface area contributed by atoms with Crippen LogP contribution in [0.2, 0.25) is 0 Å². The summed E-state index contributed by atoms with van der Waals surface area (Å²) >= 11 is 0. The predicted octanol–water partition coefficient (Wildman–Crippen LogP) is 2.82. The van der Waals surface area contributed by atoms with Gasteiger partial charge in [-0.3, -0.25) is 0 Å². The second-order valence-corrected chi connectivity index (χ2v) is 4.06. The highest BCUT2D eigenvalue weighted by atomic mass is 16.5. The Kier molecular flexibility index (Phi) is 3.17. The molecule has 1 saturated carbocycles. The highest BCUT2D eigenvalue weighted by molar-refractivity contribution is 5.26. The summed E-state index contributed by atoms with van der Waals surface area (Å²) in [6.45, 7) is 0.542. The fourth-order valence-corrected chi connectivity index (χ4v) is 2.31. The van der Waals surface area contributed by atoms with E-state index in [0.717, 1.165) is 11.5 Å². The van der Waals surface area contributed by atoms with E-state index in [9.17, 15) is 0 Å². The van der Waals surface area contributed by atoms with E-state index in [-0.39, 0.29) is 0 Å². The lowest BCUT2D eigenvalue weighted by molar-refractivity contribution is 0.161. The molecule has 0 saturated heterocycles. The average Bonchev–Trinajstić information content (AvgIpc) is 2.71. The van der Waals surface area contributed by atoms with Crippen molar-refractivity contribution >= 4 is 0 Å². The van der Waals surface area contributed by atoms with Crippen LogP contribution in [0.15, 0.2) is 24.3 Å². The molecule has 1 aromatic rings. The number of rotatable bonds is 3. The molecule has 2 heteroatoms. The van der Waals surface area contributed by atoms with E-state index in [1.165, 1.54) is 31.2 Å². The van der Waals surface area contributed by atoms with Gasteiger partial charge in [0.1, 0.15) is 0 Å². The molecule has 0 unspecified atom stereocenters. The zero-order chi connectivity index (χ0) is 9.80. The first-order chi connectivity index (χ1) is 6.90. The van der Waals surface area contributed by atoms with Crippen LogP contribution < -0.4 is 5.48 Å². The summed E-state index contributed by atoms with van der Waals surface area (Å²) in [5, 5.41) is 8.63. The molecule has 0 heterocycles. The Bertz CT molecular complexity index is 292. The summed E-state index contributed by atoms with van der Waals surface area (Å²) in [7, 11) is 0. The standard InChI is InChI=1S/C12H17NO/c14-13-9-10-4-3-7-12(8-10)11-5-1-2-6-11/h3-4,7-8,11,13-14H,1-2,5-6,9H2. The predicted molar refractivity (Wildman–Crippen MR) is 56.3 cm³/mol. The Labute approximate surface area is 84.9 Å². The Balaban J connectivity index is 2.12. The van der Waals surface area contributed by atoms with Crippen LogP contribution >= 0.6 is 0 Å². The van der Waals surface area contributed by atoms with Gasteiger partial charge in [-0.15, -0.1) is 0 Å². The first kappa shape index (κ1) is 9.69. The van der Waals surface area contributed by atoms with Crippen molar-refractivity contribution in [2.24, 2.45) is 0 Å².